The summed E-state index contributed by atoms with van der Waals surface area (Å²) in [5.41, 5.74) is 1.55. The van der Waals surface area contributed by atoms with Crippen LogP contribution in [0.2, 0.25) is 0 Å². The Hall–Kier alpha value is -1.51. The zero-order valence-corrected chi connectivity index (χ0v) is 10.7. The first-order valence-corrected chi connectivity index (χ1v) is 6.99. The second-order valence-electron chi connectivity index (χ2n) is 5.47. The van der Waals surface area contributed by atoms with E-state index in [-0.39, 0.29) is 11.6 Å². The average Bonchev–Trinajstić information content (AvgIpc) is 2.35. The van der Waals surface area contributed by atoms with Crippen molar-refractivity contribution in [2.75, 3.05) is 5.32 Å². The Kier molecular flexibility index (Phi) is 2.98. The number of carbonyl (C=O) groups excluding carboxylic acids is 1. The van der Waals surface area contributed by atoms with Crippen LogP contribution in [-0.2, 0) is 0 Å². The van der Waals surface area contributed by atoms with E-state index in [0.29, 0.717) is 0 Å². The Bertz CT molecular complexity index is 448. The number of anilines is 1. The molecule has 0 atom stereocenters. The molecule has 1 heterocycles. The Morgan fingerprint density at radius 2 is 1.56 bits per heavy atom. The van der Waals surface area contributed by atoms with Gasteiger partial charge < -0.3 is 10.6 Å². The van der Waals surface area contributed by atoms with Crippen LogP contribution in [0.5, 0.6) is 0 Å². The minimum absolute atomic E-state index is 0.0740. The number of rotatable bonds is 0. The number of carbonyl (C=O) groups is 1. The monoisotopic (exact) mass is 244 g/mol. The number of nitrogens with one attached hydrogen (secondary N) is 2. The van der Waals surface area contributed by atoms with Gasteiger partial charge in [0.1, 0.15) is 5.66 Å². The van der Waals surface area contributed by atoms with Gasteiger partial charge in [-0.1, -0.05) is 31.4 Å². The fourth-order valence-corrected chi connectivity index (χ4v) is 3.12. The molecule has 0 bridgehead atoms. The highest BCUT2D eigenvalue weighted by atomic mass is 16.2. The third-order valence-corrected chi connectivity index (χ3v) is 4.11. The van der Waals surface area contributed by atoms with Gasteiger partial charge in [-0.25, -0.2) is 0 Å². The van der Waals surface area contributed by atoms with Gasteiger partial charge in [-0.05, 0) is 37.8 Å². The van der Waals surface area contributed by atoms with Gasteiger partial charge >= 0.3 is 0 Å². The highest BCUT2D eigenvalue weighted by Crippen LogP contribution is 2.32. The van der Waals surface area contributed by atoms with Crippen molar-refractivity contribution in [2.45, 2.75) is 50.6 Å². The summed E-state index contributed by atoms with van der Waals surface area (Å²) in [4.78, 5) is 12.2. The summed E-state index contributed by atoms with van der Waals surface area (Å²) in [6, 6.07) is 7.79. The van der Waals surface area contributed by atoms with Gasteiger partial charge in [0.15, 0.2) is 0 Å². The molecule has 2 aliphatic rings. The van der Waals surface area contributed by atoms with Crippen LogP contribution in [0.1, 0.15) is 55.3 Å². The summed E-state index contributed by atoms with van der Waals surface area (Å²) in [7, 11) is 0. The molecule has 1 aliphatic heterocycles. The summed E-state index contributed by atoms with van der Waals surface area (Å²) >= 11 is 0. The lowest BCUT2D eigenvalue weighted by atomic mass is 9.88. The van der Waals surface area contributed by atoms with Crippen LogP contribution in [-0.4, -0.2) is 11.6 Å². The molecule has 0 radical (unpaired) electrons. The van der Waals surface area contributed by atoms with E-state index in [4.69, 9.17) is 0 Å². The Balaban J connectivity index is 1.89. The molecule has 3 nitrogen and oxygen atoms in total. The Labute approximate surface area is 108 Å². The van der Waals surface area contributed by atoms with E-state index in [1.54, 1.807) is 0 Å². The quantitative estimate of drug-likeness (QED) is 0.735. The molecular formula is C15H20N2O. The molecule has 0 aromatic heterocycles. The van der Waals surface area contributed by atoms with E-state index in [9.17, 15) is 4.79 Å². The summed E-state index contributed by atoms with van der Waals surface area (Å²) in [5.74, 6) is 0.0740. The van der Waals surface area contributed by atoms with Crippen LogP contribution in [0.3, 0.4) is 0 Å². The first kappa shape index (κ1) is 11.6. The second kappa shape index (κ2) is 4.63. The molecular weight excluding hydrogens is 224 g/mol. The lowest BCUT2D eigenvalue weighted by Gasteiger charge is -2.41. The van der Waals surface area contributed by atoms with Crippen LogP contribution < -0.4 is 10.6 Å². The van der Waals surface area contributed by atoms with E-state index in [1.807, 2.05) is 24.3 Å². The standard InChI is InChI=1S/C15H20N2O/c18-14-12-8-4-5-9-13(12)16-15(17-14)10-6-2-1-3-7-11-15/h4-5,8-9,16H,1-3,6-7,10-11H2,(H,17,18). The summed E-state index contributed by atoms with van der Waals surface area (Å²) in [6.45, 7) is 0. The topological polar surface area (TPSA) is 41.1 Å². The molecule has 1 fully saturated rings. The molecule has 3 heteroatoms. The van der Waals surface area contributed by atoms with Crippen molar-refractivity contribution in [3.8, 4) is 0 Å². The zero-order chi connectivity index (χ0) is 12.4. The van der Waals surface area contributed by atoms with Gasteiger partial charge in [0, 0.05) is 5.69 Å². The number of para-hydroxylation sites is 1. The fraction of sp³-hybridized carbons (Fsp3) is 0.533. The predicted molar refractivity (Wildman–Crippen MR) is 72.6 cm³/mol. The highest BCUT2D eigenvalue weighted by molar-refractivity contribution is 6.02. The lowest BCUT2D eigenvalue weighted by molar-refractivity contribution is 0.0883. The lowest BCUT2D eigenvalue weighted by Crippen LogP contribution is -2.57. The van der Waals surface area contributed by atoms with E-state index < -0.39 is 0 Å². The summed E-state index contributed by atoms with van der Waals surface area (Å²) in [6.07, 6.45) is 8.34. The molecule has 1 spiro atoms. The normalized spacial score (nSPS) is 22.3. The molecule has 1 aromatic rings. The number of fused-ring (bicyclic) bond motifs is 1. The maximum atomic E-state index is 12.2. The zero-order valence-electron chi connectivity index (χ0n) is 10.7. The molecule has 1 saturated carbocycles. The van der Waals surface area contributed by atoms with Gasteiger partial charge in [0.2, 0.25) is 0 Å². The third-order valence-electron chi connectivity index (χ3n) is 4.11. The maximum absolute atomic E-state index is 12.2. The van der Waals surface area contributed by atoms with Gasteiger partial charge in [-0.15, -0.1) is 0 Å². The molecule has 1 amide bonds. The maximum Gasteiger partial charge on any atom is 0.255 e. The summed E-state index contributed by atoms with van der Waals surface area (Å²) in [5, 5.41) is 6.78. The molecule has 3 rings (SSSR count). The van der Waals surface area contributed by atoms with Crippen molar-refractivity contribution in [3.63, 3.8) is 0 Å². The van der Waals surface area contributed by atoms with Crippen molar-refractivity contribution in [3.05, 3.63) is 29.8 Å². The minimum atomic E-state index is -0.203. The smallest absolute Gasteiger partial charge is 0.255 e. The van der Waals surface area contributed by atoms with Crippen molar-refractivity contribution >= 4 is 11.6 Å². The summed E-state index contributed by atoms with van der Waals surface area (Å²) < 4.78 is 0. The number of amides is 1. The van der Waals surface area contributed by atoms with Gasteiger partial charge in [-0.3, -0.25) is 4.79 Å². The molecule has 2 N–H and O–H groups in total. The third kappa shape index (κ3) is 2.09. The second-order valence-corrected chi connectivity index (χ2v) is 5.47. The molecule has 18 heavy (non-hydrogen) atoms. The van der Waals surface area contributed by atoms with Crippen molar-refractivity contribution in [2.24, 2.45) is 0 Å². The molecule has 0 saturated heterocycles. The van der Waals surface area contributed by atoms with Crippen molar-refractivity contribution < 1.29 is 4.79 Å². The van der Waals surface area contributed by atoms with E-state index >= 15 is 0 Å². The minimum Gasteiger partial charge on any atom is -0.362 e. The first-order chi connectivity index (χ1) is 8.79. The van der Waals surface area contributed by atoms with Crippen LogP contribution in [0, 0.1) is 0 Å². The van der Waals surface area contributed by atoms with Gasteiger partial charge in [0.05, 0.1) is 5.56 Å². The highest BCUT2D eigenvalue weighted by Gasteiger charge is 2.36. The van der Waals surface area contributed by atoms with Gasteiger partial charge in [0.25, 0.3) is 5.91 Å². The predicted octanol–water partition coefficient (Wildman–Crippen LogP) is 3.28. The largest absolute Gasteiger partial charge is 0.362 e. The van der Waals surface area contributed by atoms with Crippen LogP contribution in [0.4, 0.5) is 5.69 Å². The van der Waals surface area contributed by atoms with Crippen molar-refractivity contribution in [1.82, 2.24) is 5.32 Å². The Morgan fingerprint density at radius 1 is 0.889 bits per heavy atom. The van der Waals surface area contributed by atoms with Crippen LogP contribution in [0.15, 0.2) is 24.3 Å². The Morgan fingerprint density at radius 3 is 2.33 bits per heavy atom. The number of hydrogen-bond acceptors (Lipinski definition) is 2. The van der Waals surface area contributed by atoms with Crippen molar-refractivity contribution in [1.29, 1.82) is 0 Å². The molecule has 1 aromatic carbocycles. The van der Waals surface area contributed by atoms with Crippen LogP contribution in [0.25, 0.3) is 0 Å². The van der Waals surface area contributed by atoms with E-state index in [2.05, 4.69) is 10.6 Å². The molecule has 1 aliphatic carbocycles. The molecule has 96 valence electrons. The SMILES string of the molecule is O=C1NC2(CCCCCCC2)Nc2ccccc21. The first-order valence-electron chi connectivity index (χ1n) is 6.99. The number of benzene rings is 1. The molecule has 0 unspecified atom stereocenters. The van der Waals surface area contributed by atoms with E-state index in [0.717, 1.165) is 24.1 Å². The number of hydrogen-bond donors (Lipinski definition) is 2. The van der Waals surface area contributed by atoms with Crippen LogP contribution >= 0.6 is 0 Å². The average molecular weight is 244 g/mol. The van der Waals surface area contributed by atoms with E-state index in [1.165, 1.54) is 32.1 Å². The fourth-order valence-electron chi connectivity index (χ4n) is 3.12. The van der Waals surface area contributed by atoms with Gasteiger partial charge in [-0.2, -0.15) is 0 Å².